The van der Waals surface area contributed by atoms with Crippen LogP contribution in [0.25, 0.3) is 11.1 Å². The summed E-state index contributed by atoms with van der Waals surface area (Å²) >= 11 is 0. The second-order valence-electron chi connectivity index (χ2n) is 8.07. The monoisotopic (exact) mass is 494 g/mol. The van der Waals surface area contributed by atoms with Crippen molar-refractivity contribution in [2.24, 2.45) is 5.10 Å². The van der Waals surface area contributed by atoms with Gasteiger partial charge < -0.3 is 14.2 Å². The zero-order valence-corrected chi connectivity index (χ0v) is 20.5. The van der Waals surface area contributed by atoms with Gasteiger partial charge in [0.2, 0.25) is 0 Å². The maximum atomic E-state index is 12.4. The molecule has 0 aliphatic heterocycles. The average Bonchev–Trinajstić information content (AvgIpc) is 2.94. The summed E-state index contributed by atoms with van der Waals surface area (Å²) in [4.78, 5) is 24.6. The van der Waals surface area contributed by atoms with Gasteiger partial charge in [0.05, 0.1) is 18.9 Å². The summed E-state index contributed by atoms with van der Waals surface area (Å²) in [5.74, 6) is 0.785. The smallest absolute Gasteiger partial charge is 0.343 e. The number of rotatable bonds is 9. The molecule has 7 heteroatoms. The average molecular weight is 495 g/mol. The molecule has 4 aromatic carbocycles. The van der Waals surface area contributed by atoms with E-state index in [1.165, 1.54) is 6.21 Å². The first-order chi connectivity index (χ1) is 18.0. The Morgan fingerprint density at radius 1 is 0.757 bits per heavy atom. The number of methoxy groups -OCH3 is 1. The van der Waals surface area contributed by atoms with Gasteiger partial charge in [-0.05, 0) is 84.3 Å². The molecule has 0 fully saturated rings. The van der Waals surface area contributed by atoms with Crippen LogP contribution in [0.5, 0.6) is 17.2 Å². The van der Waals surface area contributed by atoms with Crippen LogP contribution in [0.3, 0.4) is 0 Å². The maximum Gasteiger partial charge on any atom is 0.343 e. The van der Waals surface area contributed by atoms with E-state index in [4.69, 9.17) is 14.2 Å². The van der Waals surface area contributed by atoms with Crippen molar-refractivity contribution in [2.45, 2.75) is 13.0 Å². The predicted molar refractivity (Wildman–Crippen MR) is 142 cm³/mol. The molecule has 1 N–H and O–H groups in total. The minimum atomic E-state index is -0.737. The lowest BCUT2D eigenvalue weighted by molar-refractivity contribution is -0.127. The quantitative estimate of drug-likeness (QED) is 0.144. The number of benzene rings is 4. The summed E-state index contributed by atoms with van der Waals surface area (Å²) < 4.78 is 16.2. The molecule has 186 valence electrons. The van der Waals surface area contributed by atoms with Crippen LogP contribution in [0.1, 0.15) is 22.8 Å². The van der Waals surface area contributed by atoms with Gasteiger partial charge >= 0.3 is 5.97 Å². The van der Waals surface area contributed by atoms with Gasteiger partial charge in [-0.15, -0.1) is 0 Å². The summed E-state index contributed by atoms with van der Waals surface area (Å²) in [5.41, 5.74) is 5.78. The third kappa shape index (κ3) is 7.05. The molecule has 1 amide bonds. The molecule has 1 unspecified atom stereocenters. The first kappa shape index (κ1) is 25.2. The number of nitrogens with zero attached hydrogens (tertiary/aromatic N) is 1. The van der Waals surface area contributed by atoms with Crippen LogP contribution >= 0.6 is 0 Å². The van der Waals surface area contributed by atoms with Gasteiger partial charge in [-0.2, -0.15) is 5.10 Å². The fourth-order valence-electron chi connectivity index (χ4n) is 3.39. The van der Waals surface area contributed by atoms with Crippen molar-refractivity contribution >= 4 is 18.1 Å². The summed E-state index contributed by atoms with van der Waals surface area (Å²) in [6.07, 6.45) is 0.758. The molecule has 1 atom stereocenters. The van der Waals surface area contributed by atoms with Crippen molar-refractivity contribution in [3.63, 3.8) is 0 Å². The number of esters is 1. The number of hydrogen-bond donors (Lipinski definition) is 1. The summed E-state index contributed by atoms with van der Waals surface area (Å²) in [6.45, 7) is 1.65. The van der Waals surface area contributed by atoms with Crippen LogP contribution in [-0.2, 0) is 4.79 Å². The Labute approximate surface area is 215 Å². The molecule has 0 spiro atoms. The number of ether oxygens (including phenoxy) is 3. The molecule has 0 heterocycles. The van der Waals surface area contributed by atoms with Crippen LogP contribution in [0.4, 0.5) is 0 Å². The van der Waals surface area contributed by atoms with Gasteiger partial charge in [0.25, 0.3) is 5.91 Å². The third-order valence-electron chi connectivity index (χ3n) is 5.45. The van der Waals surface area contributed by atoms with Crippen molar-refractivity contribution in [3.05, 3.63) is 114 Å². The Morgan fingerprint density at radius 2 is 1.35 bits per heavy atom. The van der Waals surface area contributed by atoms with Gasteiger partial charge in [0.1, 0.15) is 17.2 Å². The molecule has 0 aromatic heterocycles. The maximum absolute atomic E-state index is 12.4. The second kappa shape index (κ2) is 12.2. The molecule has 0 saturated carbocycles. The largest absolute Gasteiger partial charge is 0.497 e. The highest BCUT2D eigenvalue weighted by molar-refractivity contribution is 5.91. The van der Waals surface area contributed by atoms with E-state index in [2.05, 4.69) is 10.5 Å². The zero-order valence-electron chi connectivity index (χ0n) is 20.5. The van der Waals surface area contributed by atoms with Gasteiger partial charge in [-0.1, -0.05) is 42.5 Å². The van der Waals surface area contributed by atoms with E-state index >= 15 is 0 Å². The summed E-state index contributed by atoms with van der Waals surface area (Å²) in [5, 5.41) is 3.99. The zero-order chi connectivity index (χ0) is 26.0. The lowest BCUT2D eigenvalue weighted by atomic mass is 10.1. The van der Waals surface area contributed by atoms with E-state index in [-0.39, 0.29) is 5.91 Å². The van der Waals surface area contributed by atoms with E-state index in [1.54, 1.807) is 62.6 Å². The fourth-order valence-corrected chi connectivity index (χ4v) is 3.39. The fraction of sp³-hybridized carbons (Fsp3) is 0.100. The molecule has 0 saturated heterocycles. The summed E-state index contributed by atoms with van der Waals surface area (Å²) in [6, 6.07) is 31.0. The Hall–Kier alpha value is -4.91. The van der Waals surface area contributed by atoms with Crippen molar-refractivity contribution in [1.82, 2.24) is 5.43 Å². The normalized spacial score (nSPS) is 11.5. The molecule has 4 rings (SSSR count). The Kier molecular flexibility index (Phi) is 8.29. The molecular weight excluding hydrogens is 468 g/mol. The highest BCUT2D eigenvalue weighted by Crippen LogP contribution is 2.22. The highest BCUT2D eigenvalue weighted by Gasteiger charge is 2.14. The Balaban J connectivity index is 1.25. The molecule has 4 aromatic rings. The molecule has 0 aliphatic rings. The van der Waals surface area contributed by atoms with Crippen LogP contribution < -0.4 is 19.6 Å². The minimum Gasteiger partial charge on any atom is -0.497 e. The molecule has 37 heavy (non-hydrogen) atoms. The second-order valence-corrected chi connectivity index (χ2v) is 8.07. The van der Waals surface area contributed by atoms with Crippen molar-refractivity contribution in [1.29, 1.82) is 0 Å². The minimum absolute atomic E-state index is 0.381. The van der Waals surface area contributed by atoms with Crippen LogP contribution in [0.2, 0.25) is 0 Å². The number of amides is 1. The number of nitrogens with one attached hydrogen (secondary N) is 1. The van der Waals surface area contributed by atoms with Crippen LogP contribution in [-0.4, -0.2) is 31.3 Å². The van der Waals surface area contributed by atoms with E-state index in [9.17, 15) is 9.59 Å². The topological polar surface area (TPSA) is 86.2 Å². The van der Waals surface area contributed by atoms with Gasteiger partial charge in [-0.25, -0.2) is 10.2 Å². The summed E-state index contributed by atoms with van der Waals surface area (Å²) in [7, 11) is 1.56. The number of carbonyl (C=O) groups excluding carboxylic acids is 2. The van der Waals surface area contributed by atoms with Gasteiger partial charge in [-0.3, -0.25) is 4.79 Å². The standard InChI is InChI=1S/C30H26N2O5/c1-21(36-27-18-10-24(11-19-27)23-6-4-3-5-7-23)29(33)32-31-20-22-8-14-28(15-9-22)37-30(34)25-12-16-26(35-2)17-13-25/h3-21H,1-2H3,(H,32,33). The van der Waals surface area contributed by atoms with Crippen LogP contribution in [0, 0.1) is 0 Å². The van der Waals surface area contributed by atoms with Gasteiger partial charge in [0.15, 0.2) is 6.10 Å². The number of carbonyl (C=O) groups is 2. The number of hydrazone groups is 1. The number of hydrogen-bond acceptors (Lipinski definition) is 6. The first-order valence-corrected chi connectivity index (χ1v) is 11.6. The lowest BCUT2D eigenvalue weighted by Crippen LogP contribution is -2.33. The van der Waals surface area contributed by atoms with Crippen molar-refractivity contribution in [2.75, 3.05) is 7.11 Å². The lowest BCUT2D eigenvalue weighted by Gasteiger charge is -2.13. The van der Waals surface area contributed by atoms with E-state index in [0.717, 1.165) is 16.7 Å². The predicted octanol–water partition coefficient (Wildman–Crippen LogP) is 5.50. The van der Waals surface area contributed by atoms with E-state index in [0.29, 0.717) is 22.8 Å². The molecule has 0 aliphatic carbocycles. The Bertz CT molecular complexity index is 1350. The van der Waals surface area contributed by atoms with Crippen molar-refractivity contribution < 1.29 is 23.8 Å². The molecule has 7 nitrogen and oxygen atoms in total. The highest BCUT2D eigenvalue weighted by atomic mass is 16.5. The first-order valence-electron chi connectivity index (χ1n) is 11.6. The third-order valence-corrected chi connectivity index (χ3v) is 5.45. The van der Waals surface area contributed by atoms with Gasteiger partial charge in [0, 0.05) is 0 Å². The van der Waals surface area contributed by atoms with Crippen molar-refractivity contribution in [3.8, 4) is 28.4 Å². The Morgan fingerprint density at radius 3 is 2.00 bits per heavy atom. The molecule has 0 radical (unpaired) electrons. The molecule has 0 bridgehead atoms. The van der Waals surface area contributed by atoms with Crippen LogP contribution in [0.15, 0.2) is 108 Å². The van der Waals surface area contributed by atoms with E-state index < -0.39 is 12.1 Å². The van der Waals surface area contributed by atoms with E-state index in [1.807, 2.05) is 54.6 Å². The SMILES string of the molecule is COc1ccc(C(=O)Oc2ccc(C=NNC(=O)C(C)Oc3ccc(-c4ccccc4)cc3)cc2)cc1. The molecular formula is C30H26N2O5.